The van der Waals surface area contributed by atoms with Crippen molar-refractivity contribution in [2.45, 2.75) is 38.5 Å². The molecular weight excluding hydrogens is 354 g/mol. The largest absolute Gasteiger partial charge is 0.378 e. The maximum Gasteiger partial charge on any atom is 0.229 e. The van der Waals surface area contributed by atoms with Crippen molar-refractivity contribution in [3.8, 4) is 0 Å². The van der Waals surface area contributed by atoms with Crippen LogP contribution in [0.15, 0.2) is 0 Å². The van der Waals surface area contributed by atoms with Gasteiger partial charge in [0.15, 0.2) is 11.5 Å². The molecule has 8 nitrogen and oxygen atoms in total. The third-order valence-corrected chi connectivity index (χ3v) is 6.27. The van der Waals surface area contributed by atoms with E-state index in [0.717, 1.165) is 81.4 Å². The number of hydrogen-bond donors (Lipinski definition) is 0. The molecule has 5 heterocycles. The Balaban J connectivity index is 1.60. The molecule has 0 spiro atoms. The second-order valence-electron chi connectivity index (χ2n) is 8.19. The number of ether oxygens (including phenoxy) is 1. The van der Waals surface area contributed by atoms with Gasteiger partial charge in [0.2, 0.25) is 11.9 Å². The van der Waals surface area contributed by atoms with Crippen LogP contribution in [0.25, 0.3) is 11.2 Å². The van der Waals surface area contributed by atoms with Gasteiger partial charge in [0.05, 0.1) is 13.2 Å². The van der Waals surface area contributed by atoms with Gasteiger partial charge in [0.1, 0.15) is 5.52 Å². The van der Waals surface area contributed by atoms with Crippen LogP contribution in [0.3, 0.4) is 0 Å². The number of nitrogens with zero attached hydrogens (tertiary/aromatic N) is 7. The summed E-state index contributed by atoms with van der Waals surface area (Å²) in [6, 6.07) is 0. The summed E-state index contributed by atoms with van der Waals surface area (Å²) < 4.78 is 7.75. The van der Waals surface area contributed by atoms with Gasteiger partial charge in [0.25, 0.3) is 0 Å². The molecule has 5 rings (SSSR count). The summed E-state index contributed by atoms with van der Waals surface area (Å²) in [6.07, 6.45) is 7.58. The topological polar surface area (TPSA) is 62.6 Å². The second kappa shape index (κ2) is 7.73. The quantitative estimate of drug-likeness (QED) is 0.802. The minimum absolute atomic E-state index is 0.738. The Morgan fingerprint density at radius 3 is 2.00 bits per heavy atom. The fourth-order valence-electron chi connectivity index (χ4n) is 4.68. The van der Waals surface area contributed by atoms with E-state index < -0.39 is 0 Å². The summed E-state index contributed by atoms with van der Waals surface area (Å²) in [7, 11) is 2.13. The van der Waals surface area contributed by atoms with Crippen LogP contribution in [-0.4, -0.2) is 72.0 Å². The molecule has 3 aliphatic heterocycles. The molecule has 2 aromatic heterocycles. The average molecular weight is 386 g/mol. The average Bonchev–Trinajstić information content (AvgIpc) is 3.11. The molecule has 0 N–H and O–H groups in total. The van der Waals surface area contributed by atoms with E-state index in [9.17, 15) is 0 Å². The van der Waals surface area contributed by atoms with Crippen LogP contribution in [0.5, 0.6) is 0 Å². The molecule has 2 aromatic rings. The highest BCUT2D eigenvalue weighted by Gasteiger charge is 2.26. The molecule has 152 valence electrons. The summed E-state index contributed by atoms with van der Waals surface area (Å²) >= 11 is 0. The molecule has 0 aromatic carbocycles. The van der Waals surface area contributed by atoms with Crippen LogP contribution >= 0.6 is 0 Å². The smallest absolute Gasteiger partial charge is 0.229 e. The number of anilines is 3. The van der Waals surface area contributed by atoms with Crippen LogP contribution in [0.1, 0.15) is 38.5 Å². The molecule has 0 radical (unpaired) electrons. The number of aryl methyl sites for hydroxylation is 1. The summed E-state index contributed by atoms with van der Waals surface area (Å²) in [6.45, 7) is 7.47. The van der Waals surface area contributed by atoms with Gasteiger partial charge < -0.3 is 24.0 Å². The van der Waals surface area contributed by atoms with Crippen molar-refractivity contribution >= 4 is 28.9 Å². The Morgan fingerprint density at radius 2 is 1.32 bits per heavy atom. The Kier molecular flexibility index (Phi) is 4.96. The van der Waals surface area contributed by atoms with Crippen molar-refractivity contribution in [2.75, 3.05) is 67.2 Å². The van der Waals surface area contributed by atoms with Gasteiger partial charge in [-0.3, -0.25) is 0 Å². The predicted molar refractivity (Wildman–Crippen MR) is 111 cm³/mol. The van der Waals surface area contributed by atoms with E-state index in [2.05, 4.69) is 26.3 Å². The minimum Gasteiger partial charge on any atom is -0.378 e. The Bertz CT molecular complexity index is 818. The summed E-state index contributed by atoms with van der Waals surface area (Å²) in [5, 5.41) is 0. The molecule has 0 amide bonds. The number of imidazole rings is 1. The summed E-state index contributed by atoms with van der Waals surface area (Å²) in [5.74, 6) is 2.91. The van der Waals surface area contributed by atoms with E-state index in [0.29, 0.717) is 0 Å². The zero-order valence-electron chi connectivity index (χ0n) is 16.9. The van der Waals surface area contributed by atoms with E-state index >= 15 is 0 Å². The first-order valence-electron chi connectivity index (χ1n) is 10.9. The molecule has 0 atom stereocenters. The maximum absolute atomic E-state index is 5.52. The molecule has 0 bridgehead atoms. The lowest BCUT2D eigenvalue weighted by Gasteiger charge is -2.31. The lowest BCUT2D eigenvalue weighted by molar-refractivity contribution is 0.122. The van der Waals surface area contributed by atoms with Crippen LogP contribution in [0.2, 0.25) is 0 Å². The van der Waals surface area contributed by atoms with Crippen LogP contribution in [-0.2, 0) is 11.8 Å². The molecule has 8 heteroatoms. The van der Waals surface area contributed by atoms with Crippen molar-refractivity contribution in [1.82, 2.24) is 19.5 Å². The molecule has 0 saturated carbocycles. The van der Waals surface area contributed by atoms with Crippen molar-refractivity contribution in [3.05, 3.63) is 0 Å². The molecule has 0 aliphatic carbocycles. The molecule has 3 aliphatic rings. The molecule has 0 unspecified atom stereocenters. The highest BCUT2D eigenvalue weighted by atomic mass is 16.5. The standard InChI is InChI=1S/C20H31N7O/c1-24-16-17(22-20(24)27-10-6-3-7-11-27)21-19(26-12-14-28-15-13-26)23-18(16)25-8-4-2-5-9-25/h2-15H2,1H3. The number of rotatable bonds is 3. The van der Waals surface area contributed by atoms with Gasteiger partial charge in [-0.25, -0.2) is 0 Å². The third kappa shape index (κ3) is 3.27. The maximum atomic E-state index is 5.52. The predicted octanol–water partition coefficient (Wildman–Crippen LogP) is 2.18. The van der Waals surface area contributed by atoms with Crippen LogP contribution < -0.4 is 14.7 Å². The van der Waals surface area contributed by atoms with E-state index in [1.54, 1.807) is 0 Å². The lowest BCUT2D eigenvalue weighted by atomic mass is 10.1. The Hall–Kier alpha value is -2.09. The van der Waals surface area contributed by atoms with E-state index in [1.807, 2.05) is 0 Å². The van der Waals surface area contributed by atoms with Gasteiger partial charge in [-0.2, -0.15) is 15.0 Å². The number of piperidine rings is 2. The van der Waals surface area contributed by atoms with Gasteiger partial charge in [-0.1, -0.05) is 0 Å². The van der Waals surface area contributed by atoms with Crippen molar-refractivity contribution < 1.29 is 4.74 Å². The van der Waals surface area contributed by atoms with E-state index in [1.165, 1.54) is 38.5 Å². The Labute approximate surface area is 166 Å². The zero-order chi connectivity index (χ0) is 18.9. The first-order valence-corrected chi connectivity index (χ1v) is 10.9. The number of fused-ring (bicyclic) bond motifs is 1. The number of hydrogen-bond acceptors (Lipinski definition) is 7. The highest BCUT2D eigenvalue weighted by molar-refractivity contribution is 5.87. The van der Waals surface area contributed by atoms with Crippen molar-refractivity contribution in [3.63, 3.8) is 0 Å². The van der Waals surface area contributed by atoms with Crippen LogP contribution in [0.4, 0.5) is 17.7 Å². The van der Waals surface area contributed by atoms with Crippen molar-refractivity contribution in [1.29, 1.82) is 0 Å². The summed E-state index contributed by atoms with van der Waals surface area (Å²) in [4.78, 5) is 22.1. The number of aromatic nitrogens is 4. The zero-order valence-corrected chi connectivity index (χ0v) is 16.9. The third-order valence-electron chi connectivity index (χ3n) is 6.27. The highest BCUT2D eigenvalue weighted by Crippen LogP contribution is 2.32. The fraction of sp³-hybridized carbons (Fsp3) is 0.750. The lowest BCUT2D eigenvalue weighted by Crippen LogP contribution is -2.38. The first-order chi connectivity index (χ1) is 13.8. The van der Waals surface area contributed by atoms with Crippen LogP contribution in [0, 0.1) is 0 Å². The molecular formula is C20H31N7O. The number of morpholine rings is 1. The van der Waals surface area contributed by atoms with Crippen molar-refractivity contribution in [2.24, 2.45) is 7.05 Å². The second-order valence-corrected chi connectivity index (χ2v) is 8.19. The van der Waals surface area contributed by atoms with E-state index in [-0.39, 0.29) is 0 Å². The van der Waals surface area contributed by atoms with Gasteiger partial charge in [-0.05, 0) is 38.5 Å². The molecule has 28 heavy (non-hydrogen) atoms. The molecule has 3 fully saturated rings. The van der Waals surface area contributed by atoms with Gasteiger partial charge in [-0.15, -0.1) is 0 Å². The monoisotopic (exact) mass is 385 g/mol. The van der Waals surface area contributed by atoms with E-state index in [4.69, 9.17) is 19.7 Å². The fourth-order valence-corrected chi connectivity index (χ4v) is 4.68. The van der Waals surface area contributed by atoms with Gasteiger partial charge >= 0.3 is 0 Å². The molecule has 3 saturated heterocycles. The summed E-state index contributed by atoms with van der Waals surface area (Å²) in [5.41, 5.74) is 1.92. The normalized spacial score (nSPS) is 21.5. The Morgan fingerprint density at radius 1 is 0.679 bits per heavy atom. The van der Waals surface area contributed by atoms with Gasteiger partial charge in [0, 0.05) is 46.3 Å². The first kappa shape index (κ1) is 18.0. The minimum atomic E-state index is 0.738. The SMILES string of the molecule is Cn1c(N2CCCCC2)nc2nc(N3CCOCC3)nc(N3CCCCC3)c21.